The van der Waals surface area contributed by atoms with E-state index in [1.807, 2.05) is 11.6 Å². The van der Waals surface area contributed by atoms with Gasteiger partial charge in [-0.25, -0.2) is 27.5 Å². The van der Waals surface area contributed by atoms with Crippen molar-refractivity contribution < 1.29 is 32.3 Å². The number of amides is 2. The fourth-order valence-electron chi connectivity index (χ4n) is 4.14. The van der Waals surface area contributed by atoms with Crippen LogP contribution in [0.2, 0.25) is 0 Å². The van der Waals surface area contributed by atoms with Crippen molar-refractivity contribution in [1.82, 2.24) is 10.0 Å². The molecular formula is C27H31N3O7S. The summed E-state index contributed by atoms with van der Waals surface area (Å²) in [6.07, 6.45) is 0. The minimum Gasteiger partial charge on any atom is -0.463 e. The predicted molar refractivity (Wildman–Crippen MR) is 142 cm³/mol. The van der Waals surface area contributed by atoms with Crippen molar-refractivity contribution in [3.05, 3.63) is 82.2 Å². The summed E-state index contributed by atoms with van der Waals surface area (Å²) in [5.74, 6) is -2.05. The van der Waals surface area contributed by atoms with Gasteiger partial charge >= 0.3 is 18.0 Å². The monoisotopic (exact) mass is 541 g/mol. The zero-order chi connectivity index (χ0) is 28.0. The minimum absolute atomic E-state index is 0.0545. The number of carbonyl (C=O) groups excluding carboxylic acids is 3. The molecule has 0 bridgehead atoms. The van der Waals surface area contributed by atoms with Gasteiger partial charge in [0.1, 0.15) is 0 Å². The molecule has 10 nitrogen and oxygen atoms in total. The summed E-state index contributed by atoms with van der Waals surface area (Å²) in [5.41, 5.74) is 3.10. The number of esters is 2. The number of nitrogens with one attached hydrogen (secondary N) is 3. The molecule has 0 spiro atoms. The molecule has 11 heteroatoms. The molecule has 1 heterocycles. The summed E-state index contributed by atoms with van der Waals surface area (Å²) in [6, 6.07) is 11.5. The molecule has 0 saturated heterocycles. The van der Waals surface area contributed by atoms with Gasteiger partial charge in [0.2, 0.25) is 0 Å². The van der Waals surface area contributed by atoms with E-state index in [4.69, 9.17) is 9.47 Å². The first-order valence-electron chi connectivity index (χ1n) is 12.0. The Balaban J connectivity index is 1.95. The highest BCUT2D eigenvalue weighted by Crippen LogP contribution is 2.40. The van der Waals surface area contributed by atoms with Crippen molar-refractivity contribution in [1.29, 1.82) is 0 Å². The van der Waals surface area contributed by atoms with E-state index in [-0.39, 0.29) is 34.9 Å². The number of benzene rings is 2. The summed E-state index contributed by atoms with van der Waals surface area (Å²) in [4.78, 5) is 38.5. The summed E-state index contributed by atoms with van der Waals surface area (Å²) in [5, 5.41) is 5.57. The smallest absolute Gasteiger partial charge is 0.336 e. The van der Waals surface area contributed by atoms with Gasteiger partial charge in [0.15, 0.2) is 0 Å². The van der Waals surface area contributed by atoms with E-state index >= 15 is 0 Å². The highest BCUT2D eigenvalue weighted by molar-refractivity contribution is 7.90. The molecule has 202 valence electrons. The number of hydrogen-bond acceptors (Lipinski definition) is 8. The van der Waals surface area contributed by atoms with Crippen LogP contribution in [-0.4, -0.2) is 39.6 Å². The topological polar surface area (TPSA) is 140 Å². The molecule has 0 aromatic heterocycles. The number of allylic oxidation sites excluding steroid dienone is 2. The van der Waals surface area contributed by atoms with Crippen molar-refractivity contribution in [3.63, 3.8) is 0 Å². The fraction of sp³-hybridized carbons (Fsp3) is 0.296. The third kappa shape index (κ3) is 6.41. The second-order valence-corrected chi connectivity index (χ2v) is 10.3. The van der Waals surface area contributed by atoms with Gasteiger partial charge in [-0.2, -0.15) is 0 Å². The third-order valence-electron chi connectivity index (χ3n) is 5.79. The average molecular weight is 542 g/mol. The lowest BCUT2D eigenvalue weighted by Crippen LogP contribution is -2.34. The number of dihydropyridines is 1. The van der Waals surface area contributed by atoms with Crippen LogP contribution < -0.4 is 15.4 Å². The summed E-state index contributed by atoms with van der Waals surface area (Å²) < 4.78 is 37.7. The molecule has 0 unspecified atom stereocenters. The Labute approximate surface area is 222 Å². The first-order valence-corrected chi connectivity index (χ1v) is 13.5. The number of ether oxygens (including phenoxy) is 2. The molecule has 38 heavy (non-hydrogen) atoms. The van der Waals surface area contributed by atoms with E-state index in [0.717, 1.165) is 5.56 Å². The maximum Gasteiger partial charge on any atom is 0.336 e. The molecule has 3 rings (SSSR count). The zero-order valence-electron chi connectivity index (χ0n) is 21.9. The van der Waals surface area contributed by atoms with Crippen molar-refractivity contribution in [3.8, 4) is 0 Å². The molecule has 3 N–H and O–H groups in total. The van der Waals surface area contributed by atoms with E-state index in [1.165, 1.54) is 12.1 Å². The predicted octanol–water partition coefficient (Wildman–Crippen LogP) is 3.87. The van der Waals surface area contributed by atoms with E-state index in [1.54, 1.807) is 64.1 Å². The number of aryl methyl sites for hydroxylation is 1. The molecule has 0 atom stereocenters. The molecule has 1 aliphatic rings. The maximum absolute atomic E-state index is 13.0. The van der Waals surface area contributed by atoms with Crippen LogP contribution in [0.3, 0.4) is 0 Å². The van der Waals surface area contributed by atoms with Crippen molar-refractivity contribution in [2.75, 3.05) is 18.5 Å². The lowest BCUT2D eigenvalue weighted by atomic mass is 9.80. The summed E-state index contributed by atoms with van der Waals surface area (Å²) >= 11 is 0. The molecule has 0 radical (unpaired) electrons. The summed E-state index contributed by atoms with van der Waals surface area (Å²) in [6.45, 7) is 8.86. The molecule has 0 saturated carbocycles. The van der Waals surface area contributed by atoms with Crippen LogP contribution >= 0.6 is 0 Å². The van der Waals surface area contributed by atoms with E-state index < -0.39 is 33.9 Å². The van der Waals surface area contributed by atoms with Crippen LogP contribution in [0.5, 0.6) is 0 Å². The van der Waals surface area contributed by atoms with Gasteiger partial charge in [-0.3, -0.25) is 0 Å². The van der Waals surface area contributed by atoms with Crippen LogP contribution in [0.1, 0.15) is 44.7 Å². The van der Waals surface area contributed by atoms with Gasteiger partial charge < -0.3 is 20.1 Å². The Hall–Kier alpha value is -4.12. The zero-order valence-corrected chi connectivity index (χ0v) is 22.7. The van der Waals surface area contributed by atoms with Gasteiger partial charge in [-0.15, -0.1) is 0 Å². The SMILES string of the molecule is CCOC(=O)C1=C(C)NC(C)=C(C(=O)OCC)C1c1cccc(NC(=O)NS(=O)(=O)c2ccc(C)cc2)c1. The van der Waals surface area contributed by atoms with Crippen LogP contribution in [-0.2, 0) is 29.1 Å². The maximum atomic E-state index is 13.0. The Morgan fingerprint density at radius 3 is 1.95 bits per heavy atom. The second kappa shape index (κ2) is 12.0. The highest BCUT2D eigenvalue weighted by Gasteiger charge is 2.38. The summed E-state index contributed by atoms with van der Waals surface area (Å²) in [7, 11) is -4.10. The van der Waals surface area contributed by atoms with Crippen LogP contribution in [0.25, 0.3) is 0 Å². The van der Waals surface area contributed by atoms with Gasteiger partial charge in [-0.1, -0.05) is 29.8 Å². The molecule has 0 aliphatic carbocycles. The normalized spacial score (nSPS) is 14.0. The quantitative estimate of drug-likeness (QED) is 0.428. The second-order valence-electron chi connectivity index (χ2n) is 8.57. The van der Waals surface area contributed by atoms with E-state index in [9.17, 15) is 22.8 Å². The van der Waals surface area contributed by atoms with E-state index in [2.05, 4.69) is 10.6 Å². The van der Waals surface area contributed by atoms with Crippen LogP contribution in [0.4, 0.5) is 10.5 Å². The molecule has 1 aliphatic heterocycles. The third-order valence-corrected chi connectivity index (χ3v) is 7.13. The number of sulfonamides is 1. The minimum atomic E-state index is -4.10. The highest BCUT2D eigenvalue weighted by atomic mass is 32.2. The molecule has 2 amide bonds. The van der Waals surface area contributed by atoms with Gasteiger partial charge in [0, 0.05) is 17.1 Å². The van der Waals surface area contributed by atoms with E-state index in [0.29, 0.717) is 17.0 Å². The number of carbonyl (C=O) groups is 3. The van der Waals surface area contributed by atoms with Crippen molar-refractivity contribution in [2.24, 2.45) is 0 Å². The standard InChI is InChI=1S/C27H31N3O7S/c1-6-36-25(31)22-17(4)28-18(5)23(26(32)37-7-2)24(22)19-9-8-10-20(15-19)29-27(33)30-38(34,35)21-13-11-16(3)12-14-21/h8-15,24,28H,6-7H2,1-5H3,(H2,29,30,33). The molecule has 2 aromatic carbocycles. The Bertz CT molecular complexity index is 1370. The average Bonchev–Trinajstić information content (AvgIpc) is 2.83. The Kier molecular flexibility index (Phi) is 8.95. The Morgan fingerprint density at radius 1 is 0.868 bits per heavy atom. The first-order chi connectivity index (χ1) is 18.0. The van der Waals surface area contributed by atoms with Crippen LogP contribution in [0.15, 0.2) is 76.0 Å². The van der Waals surface area contributed by atoms with Gasteiger partial charge in [0.05, 0.1) is 35.2 Å². The lowest BCUT2D eigenvalue weighted by molar-refractivity contribution is -0.139. The Morgan fingerprint density at radius 2 is 1.42 bits per heavy atom. The van der Waals surface area contributed by atoms with Gasteiger partial charge in [0.25, 0.3) is 10.0 Å². The first kappa shape index (κ1) is 28.5. The fourth-order valence-corrected chi connectivity index (χ4v) is 5.04. The largest absolute Gasteiger partial charge is 0.463 e. The molecule has 2 aromatic rings. The van der Waals surface area contributed by atoms with Crippen molar-refractivity contribution in [2.45, 2.75) is 45.4 Å². The van der Waals surface area contributed by atoms with Crippen molar-refractivity contribution >= 4 is 33.7 Å². The van der Waals surface area contributed by atoms with Crippen LogP contribution in [0, 0.1) is 6.92 Å². The lowest BCUT2D eigenvalue weighted by Gasteiger charge is -2.30. The van der Waals surface area contributed by atoms with Gasteiger partial charge in [-0.05, 0) is 64.4 Å². The number of anilines is 1. The molecule has 0 fully saturated rings. The number of urea groups is 1. The molecular weight excluding hydrogens is 510 g/mol. The number of hydrogen-bond donors (Lipinski definition) is 3. The number of rotatable bonds is 8.